The van der Waals surface area contributed by atoms with E-state index in [1.54, 1.807) is 11.8 Å². The highest BCUT2D eigenvalue weighted by atomic mass is 32.2. The van der Waals surface area contributed by atoms with Crippen molar-refractivity contribution in [2.45, 2.75) is 12.8 Å². The van der Waals surface area contributed by atoms with Crippen LogP contribution >= 0.6 is 24.0 Å². The zero-order valence-corrected chi connectivity index (χ0v) is 7.62. The summed E-state index contributed by atoms with van der Waals surface area (Å²) in [6, 6.07) is 0. The molecule has 0 aromatic carbocycles. The summed E-state index contributed by atoms with van der Waals surface area (Å²) in [7, 11) is 0. The van der Waals surface area contributed by atoms with Crippen LogP contribution in [-0.4, -0.2) is 21.6 Å². The first kappa shape index (κ1) is 7.31. The summed E-state index contributed by atoms with van der Waals surface area (Å²) >= 11 is 6.71. The van der Waals surface area contributed by atoms with E-state index in [1.165, 1.54) is 0 Å². The predicted octanol–water partition coefficient (Wildman–Crippen LogP) is 1.98. The second-order valence-electron chi connectivity index (χ2n) is 2.49. The van der Waals surface area contributed by atoms with Crippen LogP contribution in [0.3, 0.4) is 0 Å². The standard InChI is InChI=1S/C7H8N2S2/c10-6-2-1-3-9-4-5-11-7(9)8-6/h4-5H,1-3H2. The van der Waals surface area contributed by atoms with Crippen LogP contribution in [0.5, 0.6) is 0 Å². The fourth-order valence-electron chi connectivity index (χ4n) is 1.12. The van der Waals surface area contributed by atoms with Crippen LogP contribution in [-0.2, 0) is 0 Å². The lowest BCUT2D eigenvalue weighted by molar-refractivity contribution is 0.561. The van der Waals surface area contributed by atoms with Gasteiger partial charge in [-0.3, -0.25) is 0 Å². The largest absolute Gasteiger partial charge is 0.327 e. The molecule has 0 aromatic heterocycles. The first-order chi connectivity index (χ1) is 5.36. The van der Waals surface area contributed by atoms with Crippen molar-refractivity contribution in [3.8, 4) is 0 Å². The van der Waals surface area contributed by atoms with Crippen molar-refractivity contribution in [3.05, 3.63) is 11.6 Å². The Morgan fingerprint density at radius 2 is 2.55 bits per heavy atom. The number of fused-ring (bicyclic) bond motifs is 1. The maximum absolute atomic E-state index is 5.06. The maximum Gasteiger partial charge on any atom is 0.173 e. The zero-order valence-electron chi connectivity index (χ0n) is 5.99. The van der Waals surface area contributed by atoms with Gasteiger partial charge < -0.3 is 4.90 Å². The second-order valence-corrected chi connectivity index (χ2v) is 3.83. The van der Waals surface area contributed by atoms with Gasteiger partial charge in [0.15, 0.2) is 5.17 Å². The number of thiocarbonyl (C=S) groups is 1. The van der Waals surface area contributed by atoms with Gasteiger partial charge in [-0.2, -0.15) is 0 Å². The minimum atomic E-state index is 0.846. The summed E-state index contributed by atoms with van der Waals surface area (Å²) < 4.78 is 0. The smallest absolute Gasteiger partial charge is 0.173 e. The van der Waals surface area contributed by atoms with Gasteiger partial charge >= 0.3 is 0 Å². The van der Waals surface area contributed by atoms with Crippen LogP contribution in [0.2, 0.25) is 0 Å². The lowest BCUT2D eigenvalue weighted by atomic mass is 10.3. The third kappa shape index (κ3) is 1.46. The summed E-state index contributed by atoms with van der Waals surface area (Å²) in [5, 5.41) is 3.10. The van der Waals surface area contributed by atoms with E-state index >= 15 is 0 Å². The molecule has 4 heteroatoms. The van der Waals surface area contributed by atoms with Crippen LogP contribution in [0.25, 0.3) is 0 Å². The fraction of sp³-hybridized carbons (Fsp3) is 0.429. The minimum absolute atomic E-state index is 0.846. The van der Waals surface area contributed by atoms with Crippen molar-refractivity contribution in [1.82, 2.24) is 4.90 Å². The second kappa shape index (κ2) is 2.95. The van der Waals surface area contributed by atoms with Gasteiger partial charge in [-0.05, 0) is 11.8 Å². The molecule has 0 unspecified atom stereocenters. The van der Waals surface area contributed by atoms with Gasteiger partial charge in [-0.15, -0.1) is 0 Å². The molecule has 0 spiro atoms. The van der Waals surface area contributed by atoms with Crippen LogP contribution in [0, 0.1) is 0 Å². The Balaban J connectivity index is 2.24. The van der Waals surface area contributed by atoms with Crippen LogP contribution in [0.15, 0.2) is 16.6 Å². The summed E-state index contributed by atoms with van der Waals surface area (Å²) in [4.78, 5) is 7.32. The molecule has 2 aliphatic heterocycles. The first-order valence-electron chi connectivity index (χ1n) is 3.58. The van der Waals surface area contributed by atoms with E-state index in [0.29, 0.717) is 0 Å². The number of hydrogen-bond acceptors (Lipinski definition) is 3. The highest BCUT2D eigenvalue weighted by molar-refractivity contribution is 8.16. The van der Waals surface area contributed by atoms with Crippen molar-refractivity contribution in [2.24, 2.45) is 4.99 Å². The van der Waals surface area contributed by atoms with Gasteiger partial charge in [-0.25, -0.2) is 4.99 Å². The average Bonchev–Trinajstić information content (AvgIpc) is 2.31. The first-order valence-corrected chi connectivity index (χ1v) is 4.86. The molecule has 0 radical (unpaired) electrons. The van der Waals surface area contributed by atoms with Crippen molar-refractivity contribution in [3.63, 3.8) is 0 Å². The topological polar surface area (TPSA) is 15.6 Å². The molecular formula is C7H8N2S2. The SMILES string of the molecule is S=C1CCCN2C=CSC2=N1. The molecule has 0 atom stereocenters. The number of rotatable bonds is 0. The molecule has 0 bridgehead atoms. The Morgan fingerprint density at radius 3 is 3.45 bits per heavy atom. The number of amidine groups is 1. The van der Waals surface area contributed by atoms with Crippen LogP contribution in [0.4, 0.5) is 0 Å². The van der Waals surface area contributed by atoms with E-state index in [-0.39, 0.29) is 0 Å². The third-order valence-corrected chi connectivity index (χ3v) is 2.76. The molecule has 0 aliphatic carbocycles. The quantitative estimate of drug-likeness (QED) is 0.535. The number of nitrogens with zero attached hydrogens (tertiary/aromatic N) is 2. The van der Waals surface area contributed by atoms with E-state index < -0.39 is 0 Å². The highest BCUT2D eigenvalue weighted by Gasteiger charge is 2.17. The predicted molar refractivity (Wildman–Crippen MR) is 52.7 cm³/mol. The molecule has 11 heavy (non-hydrogen) atoms. The van der Waals surface area contributed by atoms with Gasteiger partial charge in [0.1, 0.15) is 4.99 Å². The molecule has 2 rings (SSSR count). The lowest BCUT2D eigenvalue weighted by Crippen LogP contribution is -2.18. The Labute approximate surface area is 75.4 Å². The number of thioether (sulfide) groups is 1. The van der Waals surface area contributed by atoms with Crippen molar-refractivity contribution in [2.75, 3.05) is 6.54 Å². The Hall–Kier alpha value is -0.350. The molecule has 0 N–H and O–H groups in total. The molecule has 0 fully saturated rings. The summed E-state index contributed by atoms with van der Waals surface area (Å²) in [6.45, 7) is 1.06. The summed E-state index contributed by atoms with van der Waals surface area (Å²) in [5.74, 6) is 0. The van der Waals surface area contributed by atoms with E-state index in [0.717, 1.165) is 29.5 Å². The van der Waals surface area contributed by atoms with Crippen molar-refractivity contribution < 1.29 is 0 Å². The van der Waals surface area contributed by atoms with Crippen molar-refractivity contribution >= 4 is 34.1 Å². The number of hydrogen-bond donors (Lipinski definition) is 0. The van der Waals surface area contributed by atoms with Gasteiger partial charge in [0, 0.05) is 19.2 Å². The zero-order chi connectivity index (χ0) is 7.68. The van der Waals surface area contributed by atoms with Crippen molar-refractivity contribution in [1.29, 1.82) is 0 Å². The molecule has 2 nitrogen and oxygen atoms in total. The lowest BCUT2D eigenvalue weighted by Gasteiger charge is -2.11. The van der Waals surface area contributed by atoms with E-state index in [9.17, 15) is 0 Å². The van der Waals surface area contributed by atoms with E-state index in [1.807, 2.05) is 5.41 Å². The van der Waals surface area contributed by atoms with E-state index in [2.05, 4.69) is 16.1 Å². The Bertz CT molecular complexity index is 245. The minimum Gasteiger partial charge on any atom is -0.327 e. The third-order valence-electron chi connectivity index (χ3n) is 1.67. The molecular weight excluding hydrogens is 176 g/mol. The summed E-state index contributed by atoms with van der Waals surface area (Å²) in [6.07, 6.45) is 4.15. The molecule has 2 aliphatic rings. The van der Waals surface area contributed by atoms with Gasteiger partial charge in [0.2, 0.25) is 0 Å². The van der Waals surface area contributed by atoms with Gasteiger partial charge in [0.05, 0.1) is 0 Å². The number of aliphatic imine (C=N–C) groups is 1. The van der Waals surface area contributed by atoms with Gasteiger partial charge in [-0.1, -0.05) is 24.0 Å². The monoisotopic (exact) mass is 184 g/mol. The maximum atomic E-state index is 5.06. The normalized spacial score (nSPS) is 23.1. The van der Waals surface area contributed by atoms with E-state index in [4.69, 9.17) is 12.2 Å². The highest BCUT2D eigenvalue weighted by Crippen LogP contribution is 2.22. The Morgan fingerprint density at radius 1 is 1.64 bits per heavy atom. The summed E-state index contributed by atoms with van der Waals surface area (Å²) in [5.41, 5.74) is 0. The molecule has 0 amide bonds. The van der Waals surface area contributed by atoms with Crippen LogP contribution < -0.4 is 0 Å². The van der Waals surface area contributed by atoms with Crippen LogP contribution in [0.1, 0.15) is 12.8 Å². The average molecular weight is 184 g/mol. The molecule has 58 valence electrons. The fourth-order valence-corrected chi connectivity index (χ4v) is 2.19. The van der Waals surface area contributed by atoms with Gasteiger partial charge in [0.25, 0.3) is 0 Å². The molecule has 0 saturated carbocycles. The Kier molecular flexibility index (Phi) is 1.96. The molecule has 2 heterocycles. The molecule has 0 saturated heterocycles. The molecule has 0 aromatic rings.